The maximum atomic E-state index is 12.4. The van der Waals surface area contributed by atoms with Crippen molar-refractivity contribution in [2.75, 3.05) is 13.2 Å². The van der Waals surface area contributed by atoms with Gasteiger partial charge in [-0.25, -0.2) is 9.59 Å². The number of esters is 1. The zero-order valence-electron chi connectivity index (χ0n) is 17.1. The summed E-state index contributed by atoms with van der Waals surface area (Å²) in [5.41, 5.74) is 0.343. The predicted octanol–water partition coefficient (Wildman–Crippen LogP) is 2.51. The Labute approximate surface area is 175 Å². The summed E-state index contributed by atoms with van der Waals surface area (Å²) >= 11 is 5.81. The summed E-state index contributed by atoms with van der Waals surface area (Å²) in [5.74, 6) is -1.64. The lowest BCUT2D eigenvalue weighted by molar-refractivity contribution is -0.150. The highest BCUT2D eigenvalue weighted by Gasteiger charge is 2.25. The van der Waals surface area contributed by atoms with Gasteiger partial charge in [-0.3, -0.25) is 14.9 Å². The van der Waals surface area contributed by atoms with E-state index in [1.165, 1.54) is 0 Å². The van der Waals surface area contributed by atoms with Gasteiger partial charge in [0.15, 0.2) is 6.61 Å². The molecule has 1 atom stereocenters. The van der Waals surface area contributed by atoms with Crippen molar-refractivity contribution in [3.8, 4) is 0 Å². The highest BCUT2D eigenvalue weighted by Crippen LogP contribution is 2.11. The normalized spacial score (nSPS) is 11.7. The van der Waals surface area contributed by atoms with E-state index in [-0.39, 0.29) is 11.8 Å². The highest BCUT2D eigenvalue weighted by atomic mass is 35.5. The van der Waals surface area contributed by atoms with Crippen molar-refractivity contribution < 1.29 is 23.9 Å². The molecule has 0 unspecified atom stereocenters. The maximum Gasteiger partial charge on any atom is 0.329 e. The van der Waals surface area contributed by atoms with E-state index < -0.39 is 36.5 Å². The Kier molecular flexibility index (Phi) is 10.2. The molecule has 0 saturated carbocycles. The van der Waals surface area contributed by atoms with Gasteiger partial charge in [-0.2, -0.15) is 0 Å². The Morgan fingerprint density at radius 2 is 1.62 bits per heavy atom. The number of nitrogens with one attached hydrogen (secondary N) is 3. The van der Waals surface area contributed by atoms with Crippen molar-refractivity contribution in [3.05, 3.63) is 34.9 Å². The summed E-state index contributed by atoms with van der Waals surface area (Å²) in [6.07, 6.45) is 0.328. The van der Waals surface area contributed by atoms with E-state index in [9.17, 15) is 19.2 Å². The SMILES string of the molecule is CC(C)CNC(=O)NC(=O)COC(=O)[C@H](CC(C)C)NC(=O)c1ccc(Cl)cc1. The summed E-state index contributed by atoms with van der Waals surface area (Å²) in [4.78, 5) is 48.1. The number of hydrogen-bond donors (Lipinski definition) is 3. The van der Waals surface area contributed by atoms with Crippen LogP contribution < -0.4 is 16.0 Å². The zero-order valence-corrected chi connectivity index (χ0v) is 17.8. The van der Waals surface area contributed by atoms with Crippen LogP contribution in [0.4, 0.5) is 4.79 Å². The molecule has 0 aliphatic rings. The van der Waals surface area contributed by atoms with E-state index in [0.717, 1.165) is 0 Å². The second kappa shape index (κ2) is 12.1. The molecule has 160 valence electrons. The molecule has 0 radical (unpaired) electrons. The Balaban J connectivity index is 2.60. The molecule has 9 heteroatoms. The second-order valence-corrected chi connectivity index (χ2v) is 7.86. The lowest BCUT2D eigenvalue weighted by Gasteiger charge is -2.19. The molecule has 0 bridgehead atoms. The van der Waals surface area contributed by atoms with E-state index in [2.05, 4.69) is 16.0 Å². The van der Waals surface area contributed by atoms with Gasteiger partial charge in [0.25, 0.3) is 11.8 Å². The third-order valence-electron chi connectivity index (χ3n) is 3.67. The third-order valence-corrected chi connectivity index (χ3v) is 3.92. The molecular weight excluding hydrogens is 398 g/mol. The second-order valence-electron chi connectivity index (χ2n) is 7.42. The fraction of sp³-hybridized carbons (Fsp3) is 0.500. The van der Waals surface area contributed by atoms with Crippen LogP contribution in [0, 0.1) is 11.8 Å². The summed E-state index contributed by atoms with van der Waals surface area (Å²) in [5, 5.41) is 7.70. The van der Waals surface area contributed by atoms with Crippen LogP contribution in [0.5, 0.6) is 0 Å². The number of halogens is 1. The van der Waals surface area contributed by atoms with E-state index in [1.807, 2.05) is 27.7 Å². The summed E-state index contributed by atoms with van der Waals surface area (Å²) in [6.45, 7) is 7.39. The molecular formula is C20H28ClN3O5. The van der Waals surface area contributed by atoms with Crippen molar-refractivity contribution in [3.63, 3.8) is 0 Å². The zero-order chi connectivity index (χ0) is 22.0. The van der Waals surface area contributed by atoms with Crippen LogP contribution in [0.1, 0.15) is 44.5 Å². The van der Waals surface area contributed by atoms with Gasteiger partial charge in [0.2, 0.25) is 0 Å². The quantitative estimate of drug-likeness (QED) is 0.526. The molecule has 1 aromatic rings. The third kappa shape index (κ3) is 9.94. The van der Waals surface area contributed by atoms with Crippen LogP contribution in [0.25, 0.3) is 0 Å². The van der Waals surface area contributed by atoms with Crippen LogP contribution in [0.2, 0.25) is 5.02 Å². The number of carbonyl (C=O) groups is 4. The number of ether oxygens (including phenoxy) is 1. The fourth-order valence-corrected chi connectivity index (χ4v) is 2.40. The van der Waals surface area contributed by atoms with Crippen LogP contribution in [-0.4, -0.2) is 43.0 Å². The first kappa shape index (κ1) is 24.4. The van der Waals surface area contributed by atoms with Crippen molar-refractivity contribution >= 4 is 35.4 Å². The Morgan fingerprint density at radius 1 is 1.00 bits per heavy atom. The Morgan fingerprint density at radius 3 is 2.17 bits per heavy atom. The Bertz CT molecular complexity index is 719. The van der Waals surface area contributed by atoms with E-state index in [1.54, 1.807) is 24.3 Å². The molecule has 0 fully saturated rings. The van der Waals surface area contributed by atoms with Crippen LogP contribution in [-0.2, 0) is 14.3 Å². The minimum absolute atomic E-state index is 0.0914. The van der Waals surface area contributed by atoms with Crippen molar-refractivity contribution in [2.24, 2.45) is 11.8 Å². The van der Waals surface area contributed by atoms with Gasteiger partial charge in [-0.15, -0.1) is 0 Å². The molecule has 0 spiro atoms. The lowest BCUT2D eigenvalue weighted by Crippen LogP contribution is -2.45. The number of rotatable bonds is 9. The molecule has 4 amide bonds. The first-order valence-electron chi connectivity index (χ1n) is 9.39. The van der Waals surface area contributed by atoms with Crippen LogP contribution in [0.15, 0.2) is 24.3 Å². The first-order chi connectivity index (χ1) is 13.6. The number of imide groups is 1. The van der Waals surface area contributed by atoms with Crippen LogP contribution >= 0.6 is 11.6 Å². The largest absolute Gasteiger partial charge is 0.454 e. The molecule has 0 aliphatic carbocycles. The highest BCUT2D eigenvalue weighted by molar-refractivity contribution is 6.30. The minimum Gasteiger partial charge on any atom is -0.454 e. The number of urea groups is 1. The smallest absolute Gasteiger partial charge is 0.329 e. The minimum atomic E-state index is -0.930. The summed E-state index contributed by atoms with van der Waals surface area (Å²) in [7, 11) is 0. The average molecular weight is 426 g/mol. The van der Waals surface area contributed by atoms with Crippen molar-refractivity contribution in [2.45, 2.75) is 40.2 Å². The number of hydrogen-bond acceptors (Lipinski definition) is 5. The molecule has 0 saturated heterocycles. The standard InChI is InChI=1S/C20H28ClN3O5/c1-12(2)9-16(23-18(26)14-5-7-15(21)8-6-14)19(27)29-11-17(25)24-20(28)22-10-13(3)4/h5-8,12-13,16H,9-11H2,1-4H3,(H,23,26)(H2,22,24,25,28)/t16-/m0/s1. The topological polar surface area (TPSA) is 114 Å². The van der Waals surface area contributed by atoms with Gasteiger partial charge < -0.3 is 15.4 Å². The maximum absolute atomic E-state index is 12.4. The molecule has 1 rings (SSSR count). The predicted molar refractivity (Wildman–Crippen MR) is 109 cm³/mol. The first-order valence-corrected chi connectivity index (χ1v) is 9.77. The van der Waals surface area contributed by atoms with Gasteiger partial charge in [-0.1, -0.05) is 39.3 Å². The molecule has 3 N–H and O–H groups in total. The summed E-state index contributed by atoms with van der Waals surface area (Å²) in [6, 6.07) is 4.63. The average Bonchev–Trinajstić information content (AvgIpc) is 2.64. The summed E-state index contributed by atoms with van der Waals surface area (Å²) < 4.78 is 4.98. The molecule has 0 heterocycles. The molecule has 29 heavy (non-hydrogen) atoms. The Hall–Kier alpha value is -2.61. The molecule has 0 aliphatic heterocycles. The fourth-order valence-electron chi connectivity index (χ4n) is 2.27. The molecule has 1 aromatic carbocycles. The van der Waals surface area contributed by atoms with Crippen molar-refractivity contribution in [1.82, 2.24) is 16.0 Å². The van der Waals surface area contributed by atoms with E-state index in [0.29, 0.717) is 23.6 Å². The van der Waals surface area contributed by atoms with Crippen molar-refractivity contribution in [1.29, 1.82) is 0 Å². The van der Waals surface area contributed by atoms with E-state index >= 15 is 0 Å². The van der Waals surface area contributed by atoms with Gasteiger partial charge in [0.05, 0.1) is 0 Å². The molecule has 0 aromatic heterocycles. The number of amides is 4. The molecule has 8 nitrogen and oxygen atoms in total. The monoisotopic (exact) mass is 425 g/mol. The number of carbonyl (C=O) groups excluding carboxylic acids is 4. The van der Waals surface area contributed by atoms with Gasteiger partial charge in [0.1, 0.15) is 6.04 Å². The lowest BCUT2D eigenvalue weighted by atomic mass is 10.0. The van der Waals surface area contributed by atoms with Gasteiger partial charge in [-0.05, 0) is 42.5 Å². The number of benzene rings is 1. The van der Waals surface area contributed by atoms with Crippen LogP contribution in [0.3, 0.4) is 0 Å². The van der Waals surface area contributed by atoms with Gasteiger partial charge in [0, 0.05) is 17.1 Å². The van der Waals surface area contributed by atoms with Gasteiger partial charge >= 0.3 is 12.0 Å². The van der Waals surface area contributed by atoms with E-state index in [4.69, 9.17) is 16.3 Å².